The van der Waals surface area contributed by atoms with E-state index in [1.54, 1.807) is 0 Å². The second-order valence-electron chi connectivity index (χ2n) is 5.56. The smallest absolute Gasteiger partial charge is 0.322 e. The number of hydrogen-bond donors (Lipinski definition) is 2. The fraction of sp³-hybridized carbons (Fsp3) is 0.562. The zero-order valence-electron chi connectivity index (χ0n) is 12.2. The molecule has 110 valence electrons. The Balaban J connectivity index is 1.98. The molecule has 0 radical (unpaired) electrons. The van der Waals surface area contributed by atoms with Crippen LogP contribution in [0.25, 0.3) is 0 Å². The SMILES string of the molecule is CCCN(C(=O)Nc1ccccc1)C1CCC(N)CC1. The zero-order valence-corrected chi connectivity index (χ0v) is 12.2. The molecule has 1 aromatic rings. The minimum absolute atomic E-state index is 0.0125. The van der Waals surface area contributed by atoms with Gasteiger partial charge < -0.3 is 16.0 Å². The second-order valence-corrected chi connectivity index (χ2v) is 5.56. The number of urea groups is 1. The van der Waals surface area contributed by atoms with E-state index in [0.717, 1.165) is 44.3 Å². The Bertz CT molecular complexity index is 413. The van der Waals surface area contributed by atoms with Crippen molar-refractivity contribution in [3.63, 3.8) is 0 Å². The van der Waals surface area contributed by atoms with E-state index in [1.165, 1.54) is 0 Å². The zero-order chi connectivity index (χ0) is 14.4. The van der Waals surface area contributed by atoms with Gasteiger partial charge in [0.15, 0.2) is 0 Å². The average Bonchev–Trinajstić information content (AvgIpc) is 2.47. The molecule has 0 bridgehead atoms. The molecule has 0 aliphatic heterocycles. The van der Waals surface area contributed by atoms with Crippen molar-refractivity contribution in [1.82, 2.24) is 4.90 Å². The lowest BCUT2D eigenvalue weighted by molar-refractivity contribution is 0.163. The van der Waals surface area contributed by atoms with E-state index >= 15 is 0 Å². The molecule has 2 rings (SSSR count). The molecule has 0 atom stereocenters. The molecule has 2 amide bonds. The summed E-state index contributed by atoms with van der Waals surface area (Å²) >= 11 is 0. The molecule has 1 aliphatic rings. The minimum atomic E-state index is 0.0125. The van der Waals surface area contributed by atoms with E-state index < -0.39 is 0 Å². The topological polar surface area (TPSA) is 58.4 Å². The van der Waals surface area contributed by atoms with E-state index in [-0.39, 0.29) is 6.03 Å². The van der Waals surface area contributed by atoms with E-state index in [0.29, 0.717) is 12.1 Å². The minimum Gasteiger partial charge on any atom is -0.328 e. The van der Waals surface area contributed by atoms with Crippen molar-refractivity contribution in [2.24, 2.45) is 5.73 Å². The number of nitrogens with zero attached hydrogens (tertiary/aromatic N) is 1. The standard InChI is InChI=1S/C16H25N3O/c1-2-12-19(15-10-8-13(17)9-11-15)16(20)18-14-6-4-3-5-7-14/h3-7,13,15H,2,8-12,17H2,1H3,(H,18,20). The molecule has 0 spiro atoms. The van der Waals surface area contributed by atoms with Gasteiger partial charge in [-0.05, 0) is 44.2 Å². The summed E-state index contributed by atoms with van der Waals surface area (Å²) in [5, 5.41) is 2.99. The Morgan fingerprint density at radius 1 is 1.25 bits per heavy atom. The monoisotopic (exact) mass is 275 g/mol. The van der Waals surface area contributed by atoms with E-state index in [4.69, 9.17) is 5.73 Å². The van der Waals surface area contributed by atoms with E-state index in [2.05, 4.69) is 12.2 Å². The third-order valence-electron chi connectivity index (χ3n) is 3.93. The number of amides is 2. The molecular formula is C16H25N3O. The number of carbonyl (C=O) groups excluding carboxylic acids is 1. The summed E-state index contributed by atoms with van der Waals surface area (Å²) in [6.45, 7) is 2.91. The van der Waals surface area contributed by atoms with Crippen molar-refractivity contribution in [3.8, 4) is 0 Å². The van der Waals surface area contributed by atoms with Gasteiger partial charge in [-0.15, -0.1) is 0 Å². The highest BCUT2D eigenvalue weighted by molar-refractivity contribution is 5.89. The van der Waals surface area contributed by atoms with Crippen LogP contribution in [0.4, 0.5) is 10.5 Å². The van der Waals surface area contributed by atoms with Crippen LogP contribution >= 0.6 is 0 Å². The maximum absolute atomic E-state index is 12.5. The number of benzene rings is 1. The Morgan fingerprint density at radius 3 is 2.50 bits per heavy atom. The number of para-hydroxylation sites is 1. The van der Waals surface area contributed by atoms with Gasteiger partial charge in [0.2, 0.25) is 0 Å². The van der Waals surface area contributed by atoms with Crippen LogP contribution in [0.5, 0.6) is 0 Å². The molecule has 4 heteroatoms. The average molecular weight is 275 g/mol. The molecule has 3 N–H and O–H groups in total. The highest BCUT2D eigenvalue weighted by atomic mass is 16.2. The Morgan fingerprint density at radius 2 is 1.90 bits per heavy atom. The highest BCUT2D eigenvalue weighted by Crippen LogP contribution is 2.23. The molecule has 20 heavy (non-hydrogen) atoms. The van der Waals surface area contributed by atoms with Crippen LogP contribution in [0.15, 0.2) is 30.3 Å². The summed E-state index contributed by atoms with van der Waals surface area (Å²) in [5.41, 5.74) is 6.80. The van der Waals surface area contributed by atoms with Gasteiger partial charge in [-0.3, -0.25) is 0 Å². The van der Waals surface area contributed by atoms with Crippen LogP contribution in [0.1, 0.15) is 39.0 Å². The summed E-state index contributed by atoms with van der Waals surface area (Å²) in [6.07, 6.45) is 5.05. The maximum atomic E-state index is 12.5. The van der Waals surface area contributed by atoms with Gasteiger partial charge in [0, 0.05) is 24.3 Å². The fourth-order valence-corrected chi connectivity index (χ4v) is 2.82. The van der Waals surface area contributed by atoms with Crippen molar-refractivity contribution in [2.75, 3.05) is 11.9 Å². The van der Waals surface area contributed by atoms with Crippen molar-refractivity contribution in [2.45, 2.75) is 51.1 Å². The number of nitrogens with one attached hydrogen (secondary N) is 1. The van der Waals surface area contributed by atoms with E-state index in [9.17, 15) is 4.79 Å². The van der Waals surface area contributed by atoms with Gasteiger partial charge in [-0.2, -0.15) is 0 Å². The first-order valence-corrected chi connectivity index (χ1v) is 7.59. The first-order chi connectivity index (χ1) is 9.70. The fourth-order valence-electron chi connectivity index (χ4n) is 2.82. The summed E-state index contributed by atoms with van der Waals surface area (Å²) in [7, 11) is 0. The van der Waals surface area contributed by atoms with Crippen LogP contribution < -0.4 is 11.1 Å². The molecule has 0 heterocycles. The largest absolute Gasteiger partial charge is 0.328 e. The number of anilines is 1. The lowest BCUT2D eigenvalue weighted by atomic mass is 9.91. The van der Waals surface area contributed by atoms with Crippen molar-refractivity contribution in [3.05, 3.63) is 30.3 Å². The van der Waals surface area contributed by atoms with Crippen LogP contribution in [-0.2, 0) is 0 Å². The van der Waals surface area contributed by atoms with Crippen LogP contribution in [0, 0.1) is 0 Å². The van der Waals surface area contributed by atoms with Crippen LogP contribution in [0.3, 0.4) is 0 Å². The van der Waals surface area contributed by atoms with Crippen LogP contribution in [-0.4, -0.2) is 29.6 Å². The van der Waals surface area contributed by atoms with Gasteiger partial charge in [0.05, 0.1) is 0 Å². The summed E-state index contributed by atoms with van der Waals surface area (Å²) in [5.74, 6) is 0. The third-order valence-corrected chi connectivity index (χ3v) is 3.93. The molecule has 1 saturated carbocycles. The number of hydrogen-bond acceptors (Lipinski definition) is 2. The lowest BCUT2D eigenvalue weighted by Crippen LogP contribution is -2.46. The number of nitrogens with two attached hydrogens (primary N) is 1. The predicted octanol–water partition coefficient (Wildman–Crippen LogP) is 3.20. The predicted molar refractivity (Wildman–Crippen MR) is 82.7 cm³/mol. The molecule has 4 nitrogen and oxygen atoms in total. The molecule has 1 aliphatic carbocycles. The Labute approximate surface area is 121 Å². The molecule has 0 saturated heterocycles. The summed E-state index contributed by atoms with van der Waals surface area (Å²) in [4.78, 5) is 14.5. The van der Waals surface area contributed by atoms with Gasteiger partial charge in [0.1, 0.15) is 0 Å². The normalized spacial score (nSPS) is 22.3. The third kappa shape index (κ3) is 3.97. The molecule has 0 aromatic heterocycles. The highest BCUT2D eigenvalue weighted by Gasteiger charge is 2.27. The van der Waals surface area contributed by atoms with Gasteiger partial charge in [0.25, 0.3) is 0 Å². The number of carbonyl (C=O) groups is 1. The lowest BCUT2D eigenvalue weighted by Gasteiger charge is -2.36. The molecule has 1 aromatic carbocycles. The van der Waals surface area contributed by atoms with Gasteiger partial charge in [-0.25, -0.2) is 4.79 Å². The maximum Gasteiger partial charge on any atom is 0.322 e. The first kappa shape index (κ1) is 14.9. The molecular weight excluding hydrogens is 250 g/mol. The Kier molecular flexibility index (Phi) is 5.41. The quantitative estimate of drug-likeness (QED) is 0.886. The second kappa shape index (κ2) is 7.29. The first-order valence-electron chi connectivity index (χ1n) is 7.59. The number of rotatable bonds is 4. The van der Waals surface area contributed by atoms with E-state index in [1.807, 2.05) is 35.2 Å². The van der Waals surface area contributed by atoms with Crippen molar-refractivity contribution in [1.29, 1.82) is 0 Å². The Hall–Kier alpha value is -1.55. The molecule has 0 unspecified atom stereocenters. The van der Waals surface area contributed by atoms with Crippen molar-refractivity contribution >= 4 is 11.7 Å². The van der Waals surface area contributed by atoms with Crippen molar-refractivity contribution < 1.29 is 4.79 Å². The summed E-state index contributed by atoms with van der Waals surface area (Å²) in [6, 6.07) is 10.3. The van der Waals surface area contributed by atoms with Gasteiger partial charge in [-0.1, -0.05) is 25.1 Å². The molecule has 1 fully saturated rings. The van der Waals surface area contributed by atoms with Crippen LogP contribution in [0.2, 0.25) is 0 Å². The van der Waals surface area contributed by atoms with Gasteiger partial charge >= 0.3 is 6.03 Å². The summed E-state index contributed by atoms with van der Waals surface area (Å²) < 4.78 is 0.